The lowest BCUT2D eigenvalue weighted by Gasteiger charge is -2.38. The first-order chi connectivity index (χ1) is 34.7. The van der Waals surface area contributed by atoms with E-state index in [2.05, 4.69) is 91.6 Å². The third-order valence-corrected chi connectivity index (χ3v) is 18.6. The largest absolute Gasteiger partial charge is 0.393 e. The minimum atomic E-state index is -3.60. The van der Waals surface area contributed by atoms with E-state index in [-0.39, 0.29) is 28.8 Å². The summed E-state index contributed by atoms with van der Waals surface area (Å²) in [6, 6.07) is 40.3. The molecule has 4 heterocycles. The van der Waals surface area contributed by atoms with E-state index < -0.39 is 18.1 Å². The van der Waals surface area contributed by atoms with Crippen molar-refractivity contribution in [1.29, 1.82) is 0 Å². The summed E-state index contributed by atoms with van der Waals surface area (Å²) in [6.45, 7) is 13.1. The van der Waals surface area contributed by atoms with Gasteiger partial charge in [-0.2, -0.15) is 0 Å². The molecule has 0 saturated carbocycles. The SMILES string of the molecule is Cc1c(S(C)(=O)=O)c(-c2cccc(N3CCN(c4ccc(N5CCCO[P@@]5c5ccc(N[C@H](CCN6CCC(O)CC6)CSc6ccccc6)c([N+](=O)[O-])c5)cc4)CC3)c2)c(-c2ccc(Cl)cc2)n1C(C)C. The second-order valence-corrected chi connectivity index (χ2v) is 24.6. The zero-order valence-corrected chi connectivity index (χ0v) is 44.8. The average Bonchev–Trinajstić information content (AvgIpc) is 3.72. The summed E-state index contributed by atoms with van der Waals surface area (Å²) < 4.78 is 38.0. The van der Waals surface area contributed by atoms with E-state index in [4.69, 9.17) is 16.1 Å². The molecule has 3 saturated heterocycles. The van der Waals surface area contributed by atoms with Gasteiger partial charge in [-0.15, -0.1) is 11.8 Å². The summed E-state index contributed by atoms with van der Waals surface area (Å²) in [5, 5.41) is 27.8. The Morgan fingerprint density at radius 3 is 2.18 bits per heavy atom. The monoisotopic (exact) mass is 1050 g/mol. The highest BCUT2D eigenvalue weighted by molar-refractivity contribution is 7.99. The van der Waals surface area contributed by atoms with Crippen molar-refractivity contribution in [2.75, 3.05) is 90.8 Å². The maximum absolute atomic E-state index is 13.6. The molecule has 3 fully saturated rings. The van der Waals surface area contributed by atoms with Gasteiger partial charge in [0.15, 0.2) is 18.1 Å². The molecule has 5 aromatic carbocycles. The fourth-order valence-corrected chi connectivity index (χ4v) is 14.7. The number of aliphatic hydroxyl groups excluding tert-OH is 1. The number of aromatic nitrogens is 1. The standard InChI is InChI=1S/C55H65ClN7O6PS2/c1-39(2)62-40(3)55(72(4,67)68)53(54(62)41-14-16-43(56)17-15-41)42-10-8-11-47(36-42)60-33-31-59(32-34-60)45-18-20-46(21-19-45)61-27-9-35-69-70(61)49-22-23-51(52(37-49)63(65)66)57-44(38-71-50-12-6-5-7-13-50)24-28-58-29-25-48(64)26-30-58/h5-8,10-23,36-37,39,44,48,57,64H,9,24-35,38H2,1-4H3/t44-,70+/m1/s1. The number of hydrogen-bond donors (Lipinski definition) is 2. The van der Waals surface area contributed by atoms with Crippen molar-refractivity contribution >= 4 is 75.2 Å². The number of piperazine rings is 1. The van der Waals surface area contributed by atoms with Gasteiger partial charge in [-0.3, -0.25) is 10.1 Å². The molecule has 2 N–H and O–H groups in total. The Morgan fingerprint density at radius 2 is 1.51 bits per heavy atom. The van der Waals surface area contributed by atoms with Crippen molar-refractivity contribution in [3.8, 4) is 22.4 Å². The van der Waals surface area contributed by atoms with Crippen LogP contribution in [0.2, 0.25) is 5.02 Å². The van der Waals surface area contributed by atoms with Crippen LogP contribution in [0.1, 0.15) is 51.3 Å². The number of nitrogens with one attached hydrogen (secondary N) is 1. The average molecular weight is 1050 g/mol. The number of nitro benzene ring substituents is 1. The van der Waals surface area contributed by atoms with Crippen LogP contribution in [0.4, 0.5) is 28.4 Å². The first-order valence-corrected chi connectivity index (χ1v) is 29.4. The van der Waals surface area contributed by atoms with E-state index in [1.165, 1.54) is 6.26 Å². The zero-order chi connectivity index (χ0) is 50.5. The van der Waals surface area contributed by atoms with E-state index >= 15 is 0 Å². The first-order valence-electron chi connectivity index (χ1n) is 25.0. The molecule has 3 aliphatic heterocycles. The number of halogens is 1. The van der Waals surface area contributed by atoms with Crippen molar-refractivity contribution in [3.63, 3.8) is 0 Å². The summed E-state index contributed by atoms with van der Waals surface area (Å²) in [5.74, 6) is 0.749. The van der Waals surface area contributed by atoms with Crippen LogP contribution in [0.25, 0.3) is 22.4 Å². The van der Waals surface area contributed by atoms with E-state index in [1.807, 2.05) is 73.7 Å². The van der Waals surface area contributed by atoms with Crippen LogP contribution in [0.15, 0.2) is 131 Å². The zero-order valence-electron chi connectivity index (χ0n) is 41.5. The number of rotatable bonds is 17. The van der Waals surface area contributed by atoms with Crippen molar-refractivity contribution in [3.05, 3.63) is 142 Å². The van der Waals surface area contributed by atoms with E-state index in [1.54, 1.807) is 17.8 Å². The van der Waals surface area contributed by atoms with Gasteiger partial charge in [0.2, 0.25) is 0 Å². The Labute approximate surface area is 435 Å². The third kappa shape index (κ3) is 11.9. The number of hydrogen-bond acceptors (Lipinski definition) is 12. The van der Waals surface area contributed by atoms with Gasteiger partial charge in [-0.25, -0.2) is 8.42 Å². The summed E-state index contributed by atoms with van der Waals surface area (Å²) >= 11 is 8.06. The number of likely N-dealkylation sites (tertiary alicyclic amines) is 1. The van der Waals surface area contributed by atoms with Crippen molar-refractivity contribution < 1.29 is 23.0 Å². The quantitative estimate of drug-likeness (QED) is 0.0389. The van der Waals surface area contributed by atoms with Crippen molar-refractivity contribution in [2.24, 2.45) is 0 Å². The van der Waals surface area contributed by atoms with Gasteiger partial charge >= 0.3 is 0 Å². The lowest BCUT2D eigenvalue weighted by atomic mass is 10.00. The Bertz CT molecular complexity index is 2930. The highest BCUT2D eigenvalue weighted by atomic mass is 35.5. The maximum Gasteiger partial charge on any atom is 0.293 e. The van der Waals surface area contributed by atoms with Crippen LogP contribution in [0.3, 0.4) is 0 Å². The van der Waals surface area contributed by atoms with Crippen LogP contribution in [-0.2, 0) is 14.4 Å². The summed E-state index contributed by atoms with van der Waals surface area (Å²) in [7, 11) is -4.93. The van der Waals surface area contributed by atoms with Crippen LogP contribution in [-0.4, -0.2) is 111 Å². The van der Waals surface area contributed by atoms with E-state index in [0.29, 0.717) is 33.5 Å². The Hall–Kier alpha value is -5.12. The minimum Gasteiger partial charge on any atom is -0.393 e. The summed E-state index contributed by atoms with van der Waals surface area (Å²) in [5.41, 5.74) is 7.77. The van der Waals surface area contributed by atoms with Crippen LogP contribution in [0, 0.1) is 17.0 Å². The fourth-order valence-electron chi connectivity index (χ4n) is 10.4. The molecule has 6 aromatic rings. The van der Waals surface area contributed by atoms with Crippen LogP contribution < -0.4 is 25.1 Å². The number of nitrogens with zero attached hydrogens (tertiary/aromatic N) is 6. The molecule has 0 spiro atoms. The lowest BCUT2D eigenvalue weighted by molar-refractivity contribution is -0.383. The molecule has 2 atom stereocenters. The van der Waals surface area contributed by atoms with Gasteiger partial charge in [0, 0.05) is 126 Å². The molecule has 3 aliphatic rings. The minimum absolute atomic E-state index is 0.0160. The molecule has 1 aromatic heterocycles. The third-order valence-electron chi connectivity index (χ3n) is 13.9. The van der Waals surface area contributed by atoms with Crippen LogP contribution >= 0.6 is 31.7 Å². The Kier molecular flexibility index (Phi) is 16.5. The van der Waals surface area contributed by atoms with Crippen LogP contribution in [0.5, 0.6) is 0 Å². The van der Waals surface area contributed by atoms with Gasteiger partial charge in [0.25, 0.3) is 5.69 Å². The predicted molar refractivity (Wildman–Crippen MR) is 298 cm³/mol. The fraction of sp³-hybridized carbons (Fsp3) is 0.382. The number of sulfone groups is 1. The lowest BCUT2D eigenvalue weighted by Crippen LogP contribution is -2.46. The molecule has 0 amide bonds. The Morgan fingerprint density at radius 1 is 0.833 bits per heavy atom. The highest BCUT2D eigenvalue weighted by Crippen LogP contribution is 2.48. The first kappa shape index (κ1) is 51.8. The molecule has 0 aliphatic carbocycles. The highest BCUT2D eigenvalue weighted by Gasteiger charge is 2.32. The predicted octanol–water partition coefficient (Wildman–Crippen LogP) is 11.3. The second kappa shape index (κ2) is 23.0. The molecule has 17 heteroatoms. The van der Waals surface area contributed by atoms with Gasteiger partial charge in [-0.1, -0.05) is 54.1 Å². The molecular weight excluding hydrogens is 985 g/mol. The topological polar surface area (TPSA) is 137 Å². The molecule has 72 heavy (non-hydrogen) atoms. The maximum atomic E-state index is 13.6. The van der Waals surface area contributed by atoms with Crippen molar-refractivity contribution in [1.82, 2.24) is 9.47 Å². The van der Waals surface area contributed by atoms with Gasteiger partial charge in [-0.05, 0) is 130 Å². The van der Waals surface area contributed by atoms with Gasteiger partial charge < -0.3 is 38.9 Å². The number of benzene rings is 5. The Balaban J connectivity index is 0.887. The number of aliphatic hydroxyl groups is 1. The molecule has 9 rings (SSSR count). The second-order valence-electron chi connectivity index (χ2n) is 19.3. The molecule has 13 nitrogen and oxygen atoms in total. The number of nitro groups is 1. The number of thioether (sulfide) groups is 1. The number of piperidine rings is 1. The van der Waals surface area contributed by atoms with E-state index in [0.717, 1.165) is 128 Å². The molecule has 380 valence electrons. The van der Waals surface area contributed by atoms with Gasteiger partial charge in [0.05, 0.1) is 28.2 Å². The number of anilines is 4. The summed E-state index contributed by atoms with van der Waals surface area (Å²) in [6.07, 6.45) is 4.27. The normalized spacial score (nSPS) is 17.7. The molecule has 0 unspecified atom stereocenters. The molecular formula is C55H65ClN7O6PS2. The van der Waals surface area contributed by atoms with Crippen molar-refractivity contribution in [2.45, 2.75) is 74.4 Å². The van der Waals surface area contributed by atoms with Gasteiger partial charge in [0.1, 0.15) is 5.69 Å². The molecule has 0 bridgehead atoms. The summed E-state index contributed by atoms with van der Waals surface area (Å²) in [4.78, 5) is 21.1. The van der Waals surface area contributed by atoms with E-state index in [9.17, 15) is 23.6 Å². The molecule has 0 radical (unpaired) electrons. The smallest absolute Gasteiger partial charge is 0.293 e.